The fraction of sp³-hybridized carbons (Fsp3) is 0.533. The molecule has 2 amide bonds. The van der Waals surface area contributed by atoms with E-state index in [1.54, 1.807) is 12.3 Å². The molecule has 2 saturated heterocycles. The molecule has 2 atom stereocenters. The van der Waals surface area contributed by atoms with Crippen LogP contribution in [0.25, 0.3) is 0 Å². The van der Waals surface area contributed by atoms with Crippen LogP contribution in [0.3, 0.4) is 0 Å². The zero-order valence-electron chi connectivity index (χ0n) is 12.8. The van der Waals surface area contributed by atoms with Gasteiger partial charge < -0.3 is 15.3 Å². The molecular weight excluding hydrogens is 298 g/mol. The zero-order chi connectivity index (χ0) is 16.2. The molecule has 0 aromatic carbocycles. The standard InChI is InChI=1S/C15H21N5O3/c21-13-4-3-12(15(23)19-13)18-14(22)11-2-1-10(9-17-11)20-7-5-16-6-8-20/h1-2,9,12,14,16,18,22H,3-8H2,(H,19,21,23). The summed E-state index contributed by atoms with van der Waals surface area (Å²) >= 11 is 0. The molecule has 0 bridgehead atoms. The Morgan fingerprint density at radius 1 is 1.30 bits per heavy atom. The van der Waals surface area contributed by atoms with E-state index in [9.17, 15) is 14.7 Å². The summed E-state index contributed by atoms with van der Waals surface area (Å²) in [7, 11) is 0. The van der Waals surface area contributed by atoms with Crippen molar-refractivity contribution in [1.82, 2.24) is 20.9 Å². The number of aromatic nitrogens is 1. The van der Waals surface area contributed by atoms with E-state index in [1.807, 2.05) is 6.07 Å². The van der Waals surface area contributed by atoms with Gasteiger partial charge in [-0.1, -0.05) is 0 Å². The van der Waals surface area contributed by atoms with Crippen molar-refractivity contribution in [2.45, 2.75) is 25.1 Å². The van der Waals surface area contributed by atoms with Gasteiger partial charge in [-0.05, 0) is 18.6 Å². The first kappa shape index (κ1) is 15.9. The summed E-state index contributed by atoms with van der Waals surface area (Å²) < 4.78 is 0. The van der Waals surface area contributed by atoms with Crippen molar-refractivity contribution in [3.05, 3.63) is 24.0 Å². The Kier molecular flexibility index (Phi) is 4.85. The van der Waals surface area contributed by atoms with Crippen LogP contribution in [0.5, 0.6) is 0 Å². The second-order valence-corrected chi connectivity index (χ2v) is 5.75. The molecule has 0 radical (unpaired) electrons. The van der Waals surface area contributed by atoms with E-state index in [0.717, 1.165) is 31.9 Å². The molecule has 0 saturated carbocycles. The van der Waals surface area contributed by atoms with E-state index in [0.29, 0.717) is 12.1 Å². The molecule has 2 aliphatic rings. The molecule has 3 heterocycles. The highest BCUT2D eigenvalue weighted by molar-refractivity contribution is 6.00. The van der Waals surface area contributed by atoms with Gasteiger partial charge in [0, 0.05) is 32.6 Å². The first-order valence-electron chi connectivity index (χ1n) is 7.83. The Morgan fingerprint density at radius 3 is 2.74 bits per heavy atom. The van der Waals surface area contributed by atoms with Gasteiger partial charge in [0.05, 0.1) is 23.6 Å². The number of carbonyl (C=O) groups excluding carboxylic acids is 2. The van der Waals surface area contributed by atoms with Crippen LogP contribution >= 0.6 is 0 Å². The molecule has 0 aliphatic carbocycles. The number of nitrogens with one attached hydrogen (secondary N) is 3. The summed E-state index contributed by atoms with van der Waals surface area (Å²) in [4.78, 5) is 29.3. The summed E-state index contributed by atoms with van der Waals surface area (Å²) in [6.07, 6.45) is 1.33. The number of nitrogens with zero attached hydrogens (tertiary/aromatic N) is 2. The van der Waals surface area contributed by atoms with Crippen molar-refractivity contribution in [2.75, 3.05) is 31.1 Å². The minimum atomic E-state index is -1.05. The molecule has 1 aromatic rings. The molecular formula is C15H21N5O3. The number of amides is 2. The third kappa shape index (κ3) is 3.84. The minimum absolute atomic E-state index is 0.269. The molecule has 2 unspecified atom stereocenters. The maximum Gasteiger partial charge on any atom is 0.243 e. The van der Waals surface area contributed by atoms with Crippen LogP contribution in [-0.4, -0.2) is 54.1 Å². The Labute approximate surface area is 134 Å². The van der Waals surface area contributed by atoms with E-state index in [1.165, 1.54) is 0 Å². The number of carbonyl (C=O) groups is 2. The number of piperazine rings is 1. The number of hydrogen-bond acceptors (Lipinski definition) is 7. The average Bonchev–Trinajstić information content (AvgIpc) is 2.58. The summed E-state index contributed by atoms with van der Waals surface area (Å²) in [5.74, 6) is -0.682. The highest BCUT2D eigenvalue weighted by Gasteiger charge is 2.28. The van der Waals surface area contributed by atoms with Gasteiger partial charge in [0.1, 0.15) is 6.23 Å². The van der Waals surface area contributed by atoms with Crippen LogP contribution in [0.15, 0.2) is 18.3 Å². The minimum Gasteiger partial charge on any atom is -0.373 e. The quantitative estimate of drug-likeness (QED) is 0.411. The second-order valence-electron chi connectivity index (χ2n) is 5.75. The second kappa shape index (κ2) is 7.03. The predicted molar refractivity (Wildman–Crippen MR) is 83.6 cm³/mol. The maximum atomic E-state index is 11.7. The number of piperidine rings is 1. The lowest BCUT2D eigenvalue weighted by Gasteiger charge is -2.29. The van der Waals surface area contributed by atoms with E-state index in [2.05, 4.69) is 25.8 Å². The van der Waals surface area contributed by atoms with Crippen molar-refractivity contribution < 1.29 is 14.7 Å². The fourth-order valence-electron chi connectivity index (χ4n) is 2.80. The van der Waals surface area contributed by atoms with Gasteiger partial charge in [-0.15, -0.1) is 0 Å². The van der Waals surface area contributed by atoms with Gasteiger partial charge in [-0.2, -0.15) is 0 Å². The van der Waals surface area contributed by atoms with Crippen molar-refractivity contribution in [3.63, 3.8) is 0 Å². The van der Waals surface area contributed by atoms with Gasteiger partial charge in [0.2, 0.25) is 11.8 Å². The number of anilines is 1. The summed E-state index contributed by atoms with van der Waals surface area (Å²) in [5.41, 5.74) is 1.47. The molecule has 2 fully saturated rings. The van der Waals surface area contributed by atoms with Crippen LogP contribution in [0.2, 0.25) is 0 Å². The Balaban J connectivity index is 1.60. The number of imide groups is 1. The molecule has 8 heteroatoms. The summed E-state index contributed by atoms with van der Waals surface area (Å²) in [6.45, 7) is 3.75. The average molecular weight is 319 g/mol. The molecule has 8 nitrogen and oxygen atoms in total. The Bertz CT molecular complexity index is 571. The van der Waals surface area contributed by atoms with E-state index in [4.69, 9.17) is 0 Å². The van der Waals surface area contributed by atoms with Gasteiger partial charge >= 0.3 is 0 Å². The first-order chi connectivity index (χ1) is 11.1. The predicted octanol–water partition coefficient (Wildman–Crippen LogP) is -1.12. The molecule has 3 rings (SSSR count). The van der Waals surface area contributed by atoms with Crippen molar-refractivity contribution in [3.8, 4) is 0 Å². The topological polar surface area (TPSA) is 107 Å². The van der Waals surface area contributed by atoms with Gasteiger partial charge in [0.25, 0.3) is 0 Å². The van der Waals surface area contributed by atoms with E-state index >= 15 is 0 Å². The highest BCUT2D eigenvalue weighted by atomic mass is 16.3. The lowest BCUT2D eigenvalue weighted by molar-refractivity contribution is -0.135. The van der Waals surface area contributed by atoms with Crippen LogP contribution in [0.4, 0.5) is 5.69 Å². The monoisotopic (exact) mass is 319 g/mol. The fourth-order valence-corrected chi connectivity index (χ4v) is 2.80. The van der Waals surface area contributed by atoms with Crippen LogP contribution in [0.1, 0.15) is 24.8 Å². The number of aliphatic hydroxyl groups is 1. The van der Waals surface area contributed by atoms with Crippen LogP contribution in [0, 0.1) is 0 Å². The van der Waals surface area contributed by atoms with Gasteiger partial charge in [-0.3, -0.25) is 25.2 Å². The lowest BCUT2D eigenvalue weighted by Crippen LogP contribution is -2.51. The van der Waals surface area contributed by atoms with Crippen molar-refractivity contribution in [2.24, 2.45) is 0 Å². The Morgan fingerprint density at radius 2 is 2.09 bits per heavy atom. The molecule has 124 valence electrons. The van der Waals surface area contributed by atoms with Gasteiger partial charge in [0.15, 0.2) is 0 Å². The summed E-state index contributed by atoms with van der Waals surface area (Å²) in [6, 6.07) is 3.08. The highest BCUT2D eigenvalue weighted by Crippen LogP contribution is 2.17. The normalized spacial score (nSPS) is 23.5. The van der Waals surface area contributed by atoms with Crippen molar-refractivity contribution in [1.29, 1.82) is 0 Å². The first-order valence-corrected chi connectivity index (χ1v) is 7.83. The van der Waals surface area contributed by atoms with E-state index in [-0.39, 0.29) is 12.3 Å². The van der Waals surface area contributed by atoms with E-state index < -0.39 is 18.2 Å². The number of hydrogen-bond donors (Lipinski definition) is 4. The number of aliphatic hydroxyl groups excluding tert-OH is 1. The van der Waals surface area contributed by atoms with Gasteiger partial charge in [-0.25, -0.2) is 0 Å². The molecule has 1 aromatic heterocycles. The zero-order valence-corrected chi connectivity index (χ0v) is 12.8. The molecule has 23 heavy (non-hydrogen) atoms. The summed E-state index contributed by atoms with van der Waals surface area (Å²) in [5, 5.41) is 18.6. The maximum absolute atomic E-state index is 11.7. The molecule has 4 N–H and O–H groups in total. The van der Waals surface area contributed by atoms with Crippen LogP contribution < -0.4 is 20.9 Å². The molecule has 2 aliphatic heterocycles. The van der Waals surface area contributed by atoms with Crippen LogP contribution in [-0.2, 0) is 9.59 Å². The lowest BCUT2D eigenvalue weighted by atomic mass is 10.1. The number of rotatable bonds is 4. The third-order valence-electron chi connectivity index (χ3n) is 4.13. The Hall–Kier alpha value is -2.03. The molecule has 0 spiro atoms. The SMILES string of the molecule is O=C1CCC(NC(O)c2ccc(N3CCNCC3)cn2)C(=O)N1. The number of pyridine rings is 1. The smallest absolute Gasteiger partial charge is 0.243 e. The van der Waals surface area contributed by atoms with Crippen molar-refractivity contribution >= 4 is 17.5 Å². The largest absolute Gasteiger partial charge is 0.373 e. The third-order valence-corrected chi connectivity index (χ3v) is 4.13.